The number of rotatable bonds is 5. The maximum atomic E-state index is 6.08. The predicted molar refractivity (Wildman–Crippen MR) is 67.1 cm³/mol. The molecule has 0 radical (unpaired) electrons. The maximum absolute atomic E-state index is 6.08. The molecule has 0 bridgehead atoms. The highest BCUT2D eigenvalue weighted by Crippen LogP contribution is 2.28. The quantitative estimate of drug-likeness (QED) is 0.888. The summed E-state index contributed by atoms with van der Waals surface area (Å²) in [5, 5.41) is 0. The first kappa shape index (κ1) is 12.5. The normalized spacial score (nSPS) is 12.5. The lowest BCUT2D eigenvalue weighted by molar-refractivity contribution is 0.411. The van der Waals surface area contributed by atoms with Gasteiger partial charge in [0.25, 0.3) is 0 Å². The van der Waals surface area contributed by atoms with Crippen molar-refractivity contribution in [2.75, 3.05) is 7.11 Å². The summed E-state index contributed by atoms with van der Waals surface area (Å²) < 4.78 is 6.14. The Morgan fingerprint density at radius 2 is 2.20 bits per heavy atom. The van der Waals surface area contributed by atoms with Gasteiger partial charge in [-0.2, -0.15) is 0 Å². The number of ether oxygens (including phenoxy) is 1. The average molecular weight is 272 g/mol. The van der Waals surface area contributed by atoms with Gasteiger partial charge in [-0.05, 0) is 40.0 Å². The molecule has 1 atom stereocenters. The summed E-state index contributed by atoms with van der Waals surface area (Å²) in [6, 6.07) is 6.15. The van der Waals surface area contributed by atoms with Crippen LogP contribution in [0.1, 0.15) is 37.8 Å². The third-order valence-electron chi connectivity index (χ3n) is 2.47. The minimum atomic E-state index is 0.132. The molecule has 0 aliphatic rings. The topological polar surface area (TPSA) is 35.2 Å². The summed E-state index contributed by atoms with van der Waals surface area (Å²) in [5.74, 6) is 0.849. The van der Waals surface area contributed by atoms with Gasteiger partial charge in [0, 0.05) is 6.04 Å². The Bertz CT molecular complexity index is 314. The summed E-state index contributed by atoms with van der Waals surface area (Å²) in [6.45, 7) is 2.18. The van der Waals surface area contributed by atoms with Crippen molar-refractivity contribution in [2.24, 2.45) is 5.73 Å². The second-order valence-electron chi connectivity index (χ2n) is 3.64. The van der Waals surface area contributed by atoms with E-state index in [0.717, 1.165) is 22.2 Å². The van der Waals surface area contributed by atoms with Gasteiger partial charge in [-0.25, -0.2) is 0 Å². The van der Waals surface area contributed by atoms with Crippen LogP contribution in [0.2, 0.25) is 0 Å². The zero-order valence-electron chi connectivity index (χ0n) is 9.29. The summed E-state index contributed by atoms with van der Waals surface area (Å²) in [6.07, 6.45) is 3.39. The van der Waals surface area contributed by atoms with Crippen molar-refractivity contribution in [1.29, 1.82) is 0 Å². The van der Waals surface area contributed by atoms with Crippen molar-refractivity contribution >= 4 is 15.9 Å². The first-order chi connectivity index (χ1) is 7.19. The van der Waals surface area contributed by atoms with Crippen LogP contribution in [0.15, 0.2) is 22.7 Å². The van der Waals surface area contributed by atoms with Crippen molar-refractivity contribution in [3.05, 3.63) is 28.2 Å². The van der Waals surface area contributed by atoms with Gasteiger partial charge in [-0.15, -0.1) is 0 Å². The number of methoxy groups -OCH3 is 1. The molecule has 0 saturated carbocycles. The number of hydrogen-bond acceptors (Lipinski definition) is 2. The van der Waals surface area contributed by atoms with Crippen LogP contribution in [0, 0.1) is 0 Å². The molecule has 2 N–H and O–H groups in total. The fraction of sp³-hybridized carbons (Fsp3) is 0.500. The third kappa shape index (κ3) is 3.50. The molecule has 0 spiro atoms. The molecule has 0 heterocycles. The van der Waals surface area contributed by atoms with Crippen LogP contribution in [0.5, 0.6) is 5.75 Å². The smallest absolute Gasteiger partial charge is 0.133 e. The third-order valence-corrected chi connectivity index (χ3v) is 3.09. The van der Waals surface area contributed by atoms with Crippen molar-refractivity contribution < 1.29 is 4.74 Å². The number of halogens is 1. The number of nitrogens with two attached hydrogens (primary N) is 1. The van der Waals surface area contributed by atoms with E-state index in [1.807, 2.05) is 18.2 Å². The Morgan fingerprint density at radius 1 is 1.47 bits per heavy atom. The van der Waals surface area contributed by atoms with Crippen LogP contribution in [-0.4, -0.2) is 7.11 Å². The predicted octanol–water partition coefficient (Wildman–Crippen LogP) is 3.65. The highest BCUT2D eigenvalue weighted by atomic mass is 79.9. The molecule has 0 aliphatic carbocycles. The fourth-order valence-electron chi connectivity index (χ4n) is 1.50. The van der Waals surface area contributed by atoms with Crippen LogP contribution in [0.3, 0.4) is 0 Å². The van der Waals surface area contributed by atoms with E-state index in [9.17, 15) is 0 Å². The molecule has 0 saturated heterocycles. The van der Waals surface area contributed by atoms with E-state index in [1.165, 1.54) is 12.8 Å². The van der Waals surface area contributed by atoms with Crippen molar-refractivity contribution in [3.63, 3.8) is 0 Å². The van der Waals surface area contributed by atoms with Crippen LogP contribution in [0.4, 0.5) is 0 Å². The Morgan fingerprint density at radius 3 is 2.73 bits per heavy atom. The Hall–Kier alpha value is -0.540. The fourth-order valence-corrected chi connectivity index (χ4v) is 2.06. The first-order valence-electron chi connectivity index (χ1n) is 5.28. The zero-order valence-corrected chi connectivity index (χ0v) is 10.9. The average Bonchev–Trinajstić information content (AvgIpc) is 2.25. The number of hydrogen-bond donors (Lipinski definition) is 1. The molecule has 0 amide bonds. The van der Waals surface area contributed by atoms with Gasteiger partial charge in [0.2, 0.25) is 0 Å². The standard InChI is InChI=1S/C12H18BrNO/c1-3-4-5-11(14)9-6-7-12(15-2)10(13)8-9/h6-8,11H,3-5,14H2,1-2H3/t11-/m0/s1. The van der Waals surface area contributed by atoms with E-state index < -0.39 is 0 Å². The molecule has 15 heavy (non-hydrogen) atoms. The van der Waals surface area contributed by atoms with Gasteiger partial charge < -0.3 is 10.5 Å². The summed E-state index contributed by atoms with van der Waals surface area (Å²) in [5.41, 5.74) is 7.24. The van der Waals surface area contributed by atoms with Crippen LogP contribution >= 0.6 is 15.9 Å². The number of benzene rings is 1. The molecule has 0 unspecified atom stereocenters. The van der Waals surface area contributed by atoms with Gasteiger partial charge in [0.15, 0.2) is 0 Å². The molecule has 1 aromatic carbocycles. The minimum absolute atomic E-state index is 0.132. The van der Waals surface area contributed by atoms with E-state index >= 15 is 0 Å². The van der Waals surface area contributed by atoms with Crippen molar-refractivity contribution in [1.82, 2.24) is 0 Å². The van der Waals surface area contributed by atoms with Gasteiger partial charge in [0.05, 0.1) is 11.6 Å². The van der Waals surface area contributed by atoms with E-state index in [2.05, 4.69) is 22.9 Å². The molecule has 2 nitrogen and oxygen atoms in total. The number of unbranched alkanes of at least 4 members (excludes halogenated alkanes) is 1. The largest absolute Gasteiger partial charge is 0.496 e. The second-order valence-corrected chi connectivity index (χ2v) is 4.50. The summed E-state index contributed by atoms with van der Waals surface area (Å²) in [7, 11) is 1.66. The van der Waals surface area contributed by atoms with E-state index in [0.29, 0.717) is 0 Å². The SMILES string of the molecule is CCCC[C@H](N)c1ccc(OC)c(Br)c1. The summed E-state index contributed by atoms with van der Waals surface area (Å²) >= 11 is 3.46. The molecule has 0 fully saturated rings. The Balaban J connectivity index is 2.73. The zero-order chi connectivity index (χ0) is 11.3. The first-order valence-corrected chi connectivity index (χ1v) is 6.07. The van der Waals surface area contributed by atoms with Crippen molar-refractivity contribution in [3.8, 4) is 5.75 Å². The van der Waals surface area contributed by atoms with Gasteiger partial charge in [-0.3, -0.25) is 0 Å². The van der Waals surface area contributed by atoms with Gasteiger partial charge >= 0.3 is 0 Å². The molecular formula is C12H18BrNO. The molecule has 3 heteroatoms. The molecule has 0 aromatic heterocycles. The van der Waals surface area contributed by atoms with Gasteiger partial charge in [-0.1, -0.05) is 25.8 Å². The maximum Gasteiger partial charge on any atom is 0.133 e. The Kier molecular flexibility index (Phi) is 5.12. The van der Waals surface area contributed by atoms with E-state index in [-0.39, 0.29) is 6.04 Å². The van der Waals surface area contributed by atoms with Gasteiger partial charge in [0.1, 0.15) is 5.75 Å². The Labute approximate surface area is 99.9 Å². The molecule has 1 rings (SSSR count). The van der Waals surface area contributed by atoms with E-state index in [4.69, 9.17) is 10.5 Å². The highest BCUT2D eigenvalue weighted by molar-refractivity contribution is 9.10. The highest BCUT2D eigenvalue weighted by Gasteiger charge is 2.08. The lowest BCUT2D eigenvalue weighted by Gasteiger charge is -2.13. The molecule has 0 aliphatic heterocycles. The lowest BCUT2D eigenvalue weighted by Crippen LogP contribution is -2.09. The monoisotopic (exact) mass is 271 g/mol. The van der Waals surface area contributed by atoms with Crippen LogP contribution < -0.4 is 10.5 Å². The minimum Gasteiger partial charge on any atom is -0.496 e. The lowest BCUT2D eigenvalue weighted by atomic mass is 10.0. The summed E-state index contributed by atoms with van der Waals surface area (Å²) in [4.78, 5) is 0. The van der Waals surface area contributed by atoms with Crippen molar-refractivity contribution in [2.45, 2.75) is 32.2 Å². The van der Waals surface area contributed by atoms with E-state index in [1.54, 1.807) is 7.11 Å². The second kappa shape index (κ2) is 6.13. The molecule has 1 aromatic rings. The van der Waals surface area contributed by atoms with Crippen LogP contribution in [0.25, 0.3) is 0 Å². The molecular weight excluding hydrogens is 254 g/mol. The van der Waals surface area contributed by atoms with Crippen LogP contribution in [-0.2, 0) is 0 Å². The molecule has 84 valence electrons.